The highest BCUT2D eigenvalue weighted by Gasteiger charge is 2.20. The van der Waals surface area contributed by atoms with Gasteiger partial charge >= 0.3 is 0 Å². The second kappa shape index (κ2) is 7.62. The third-order valence-electron chi connectivity index (χ3n) is 3.96. The third kappa shape index (κ3) is 4.21. The lowest BCUT2D eigenvalue weighted by atomic mass is 10.1. The molecule has 23 heavy (non-hydrogen) atoms. The molecule has 1 aliphatic rings. The Labute approximate surface area is 135 Å². The van der Waals surface area contributed by atoms with Crippen LogP contribution in [0.1, 0.15) is 18.5 Å². The average Bonchev–Trinajstić information content (AvgIpc) is 3.13. The SMILES string of the molecule is CN=C(NCc1ccon1)NC1CCN(c2ccccn2)CC1. The van der Waals surface area contributed by atoms with Gasteiger partial charge in [-0.05, 0) is 25.0 Å². The van der Waals surface area contributed by atoms with E-state index in [0.717, 1.165) is 43.4 Å². The lowest BCUT2D eigenvalue weighted by Gasteiger charge is -2.33. The number of aliphatic imine (C=N–C) groups is 1. The second-order valence-electron chi connectivity index (χ2n) is 5.51. The molecule has 0 unspecified atom stereocenters. The van der Waals surface area contributed by atoms with Crippen LogP contribution in [-0.2, 0) is 6.54 Å². The molecule has 0 saturated carbocycles. The molecule has 0 radical (unpaired) electrons. The number of anilines is 1. The van der Waals surface area contributed by atoms with Crippen LogP contribution >= 0.6 is 0 Å². The first-order chi connectivity index (χ1) is 11.3. The van der Waals surface area contributed by atoms with Gasteiger partial charge in [0.1, 0.15) is 17.8 Å². The second-order valence-corrected chi connectivity index (χ2v) is 5.51. The fourth-order valence-corrected chi connectivity index (χ4v) is 2.68. The van der Waals surface area contributed by atoms with Crippen molar-refractivity contribution >= 4 is 11.8 Å². The predicted octanol–water partition coefficient (Wildman–Crippen LogP) is 1.40. The molecule has 0 aromatic carbocycles. The Balaban J connectivity index is 1.45. The topological polar surface area (TPSA) is 78.6 Å². The summed E-state index contributed by atoms with van der Waals surface area (Å²) in [5.74, 6) is 1.85. The molecule has 1 fully saturated rings. The Bertz CT molecular complexity index is 605. The summed E-state index contributed by atoms with van der Waals surface area (Å²) >= 11 is 0. The van der Waals surface area contributed by atoms with Crippen molar-refractivity contribution in [2.45, 2.75) is 25.4 Å². The Morgan fingerprint density at radius 1 is 1.35 bits per heavy atom. The molecule has 1 saturated heterocycles. The number of hydrogen-bond acceptors (Lipinski definition) is 5. The van der Waals surface area contributed by atoms with E-state index < -0.39 is 0 Å². The van der Waals surface area contributed by atoms with E-state index in [-0.39, 0.29) is 0 Å². The molecular formula is C16H22N6O. The van der Waals surface area contributed by atoms with Gasteiger partial charge in [0.05, 0.1) is 6.54 Å². The predicted molar refractivity (Wildman–Crippen MR) is 89.3 cm³/mol. The van der Waals surface area contributed by atoms with E-state index in [0.29, 0.717) is 12.6 Å². The molecule has 3 heterocycles. The molecule has 2 aromatic heterocycles. The molecule has 0 bridgehead atoms. The molecular weight excluding hydrogens is 292 g/mol. The first-order valence-electron chi connectivity index (χ1n) is 7.87. The molecule has 2 N–H and O–H groups in total. The summed E-state index contributed by atoms with van der Waals surface area (Å²) in [6.45, 7) is 2.59. The smallest absolute Gasteiger partial charge is 0.191 e. The van der Waals surface area contributed by atoms with Gasteiger partial charge in [0, 0.05) is 38.4 Å². The van der Waals surface area contributed by atoms with E-state index in [1.165, 1.54) is 0 Å². The van der Waals surface area contributed by atoms with Crippen molar-refractivity contribution in [3.8, 4) is 0 Å². The van der Waals surface area contributed by atoms with Gasteiger partial charge in [-0.2, -0.15) is 0 Å². The number of rotatable bonds is 4. The Morgan fingerprint density at radius 2 is 2.22 bits per heavy atom. The highest BCUT2D eigenvalue weighted by atomic mass is 16.5. The zero-order valence-electron chi connectivity index (χ0n) is 13.3. The van der Waals surface area contributed by atoms with Gasteiger partial charge in [-0.25, -0.2) is 4.98 Å². The summed E-state index contributed by atoms with van der Waals surface area (Å²) in [6, 6.07) is 8.29. The largest absolute Gasteiger partial charge is 0.364 e. The van der Waals surface area contributed by atoms with Gasteiger partial charge in [-0.3, -0.25) is 4.99 Å². The van der Waals surface area contributed by atoms with Gasteiger partial charge in [0.25, 0.3) is 0 Å². The summed E-state index contributed by atoms with van der Waals surface area (Å²) in [7, 11) is 1.78. The minimum Gasteiger partial charge on any atom is -0.364 e. The van der Waals surface area contributed by atoms with Crippen molar-refractivity contribution in [3.63, 3.8) is 0 Å². The zero-order valence-corrected chi connectivity index (χ0v) is 13.3. The summed E-state index contributed by atoms with van der Waals surface area (Å²) in [5.41, 5.74) is 0.859. The average molecular weight is 314 g/mol. The van der Waals surface area contributed by atoms with Crippen LogP contribution in [0.25, 0.3) is 0 Å². The molecule has 0 amide bonds. The number of nitrogens with zero attached hydrogens (tertiary/aromatic N) is 4. The fraction of sp³-hybridized carbons (Fsp3) is 0.438. The van der Waals surface area contributed by atoms with Crippen LogP contribution in [0.15, 0.2) is 46.2 Å². The van der Waals surface area contributed by atoms with E-state index in [2.05, 4.69) is 36.7 Å². The normalized spacial score (nSPS) is 16.4. The van der Waals surface area contributed by atoms with Gasteiger partial charge in [-0.1, -0.05) is 11.2 Å². The summed E-state index contributed by atoms with van der Waals surface area (Å²) < 4.78 is 4.82. The number of aromatic nitrogens is 2. The monoisotopic (exact) mass is 314 g/mol. The van der Waals surface area contributed by atoms with Crippen LogP contribution in [0.3, 0.4) is 0 Å². The van der Waals surface area contributed by atoms with E-state index >= 15 is 0 Å². The summed E-state index contributed by atoms with van der Waals surface area (Å²) in [4.78, 5) is 11.0. The van der Waals surface area contributed by atoms with Crippen molar-refractivity contribution in [3.05, 3.63) is 42.4 Å². The van der Waals surface area contributed by atoms with Crippen LogP contribution in [0.5, 0.6) is 0 Å². The van der Waals surface area contributed by atoms with Crippen LogP contribution in [0.2, 0.25) is 0 Å². The summed E-state index contributed by atoms with van der Waals surface area (Å²) in [5, 5.41) is 10.6. The molecule has 0 spiro atoms. The lowest BCUT2D eigenvalue weighted by Crippen LogP contribution is -2.48. The number of piperidine rings is 1. The lowest BCUT2D eigenvalue weighted by molar-refractivity contribution is 0.410. The van der Waals surface area contributed by atoms with Crippen molar-refractivity contribution in [2.24, 2.45) is 4.99 Å². The molecule has 122 valence electrons. The number of guanidine groups is 1. The number of nitrogens with one attached hydrogen (secondary N) is 2. The first kappa shape index (κ1) is 15.3. The highest BCUT2D eigenvalue weighted by Crippen LogP contribution is 2.17. The third-order valence-corrected chi connectivity index (χ3v) is 3.96. The zero-order chi connectivity index (χ0) is 15.9. The van der Waals surface area contributed by atoms with Crippen molar-refractivity contribution in [1.29, 1.82) is 0 Å². The standard InChI is InChI=1S/C16H22N6O/c1-17-16(19-12-14-7-11-23-21-14)20-13-5-9-22(10-6-13)15-4-2-3-8-18-15/h2-4,7-8,11,13H,5-6,9-10,12H2,1H3,(H2,17,19,20). The molecule has 1 aliphatic heterocycles. The number of hydrogen-bond donors (Lipinski definition) is 2. The maximum absolute atomic E-state index is 4.82. The Kier molecular flexibility index (Phi) is 5.08. The van der Waals surface area contributed by atoms with Crippen molar-refractivity contribution in [1.82, 2.24) is 20.8 Å². The van der Waals surface area contributed by atoms with Crippen LogP contribution in [0, 0.1) is 0 Å². The maximum Gasteiger partial charge on any atom is 0.191 e. The van der Waals surface area contributed by atoms with Crippen LogP contribution in [0.4, 0.5) is 5.82 Å². The molecule has 7 nitrogen and oxygen atoms in total. The Hall–Kier alpha value is -2.57. The summed E-state index contributed by atoms with van der Waals surface area (Å²) in [6.07, 6.45) is 5.53. The van der Waals surface area contributed by atoms with E-state index in [1.807, 2.05) is 24.4 Å². The first-order valence-corrected chi connectivity index (χ1v) is 7.87. The van der Waals surface area contributed by atoms with Gasteiger partial charge in [0.2, 0.25) is 0 Å². The van der Waals surface area contributed by atoms with Crippen molar-refractivity contribution in [2.75, 3.05) is 25.0 Å². The quantitative estimate of drug-likeness (QED) is 0.656. The van der Waals surface area contributed by atoms with E-state index in [9.17, 15) is 0 Å². The van der Waals surface area contributed by atoms with Gasteiger partial charge in [-0.15, -0.1) is 0 Å². The number of pyridine rings is 1. The van der Waals surface area contributed by atoms with Gasteiger partial charge < -0.3 is 20.1 Å². The minimum absolute atomic E-state index is 0.415. The highest BCUT2D eigenvalue weighted by molar-refractivity contribution is 5.79. The van der Waals surface area contributed by atoms with Crippen LogP contribution in [-0.4, -0.2) is 42.3 Å². The molecule has 0 aliphatic carbocycles. The molecule has 7 heteroatoms. The molecule has 3 rings (SSSR count). The minimum atomic E-state index is 0.415. The fourth-order valence-electron chi connectivity index (χ4n) is 2.68. The Morgan fingerprint density at radius 3 is 2.87 bits per heavy atom. The molecule has 2 aromatic rings. The molecule has 0 atom stereocenters. The van der Waals surface area contributed by atoms with Gasteiger partial charge in [0.15, 0.2) is 5.96 Å². The van der Waals surface area contributed by atoms with E-state index in [4.69, 9.17) is 4.52 Å². The van der Waals surface area contributed by atoms with E-state index in [1.54, 1.807) is 13.3 Å². The van der Waals surface area contributed by atoms with Crippen LogP contribution < -0.4 is 15.5 Å². The maximum atomic E-state index is 4.82. The van der Waals surface area contributed by atoms with Crippen molar-refractivity contribution < 1.29 is 4.52 Å².